The topological polar surface area (TPSA) is 114 Å². The number of ether oxygens (including phenoxy) is 1. The highest BCUT2D eigenvalue weighted by Crippen LogP contribution is 2.23. The molecule has 0 bridgehead atoms. The number of hydrogen-bond acceptors (Lipinski definition) is 6. The van der Waals surface area contributed by atoms with Gasteiger partial charge in [-0.3, -0.25) is 9.59 Å². The Bertz CT molecular complexity index is 1130. The summed E-state index contributed by atoms with van der Waals surface area (Å²) < 4.78 is 7.31. The number of hydrogen-bond donors (Lipinski definition) is 1. The van der Waals surface area contributed by atoms with E-state index in [0.717, 1.165) is 11.1 Å². The zero-order valence-corrected chi connectivity index (χ0v) is 17.3. The van der Waals surface area contributed by atoms with Crippen LogP contribution >= 0.6 is 11.6 Å². The molecule has 0 saturated carbocycles. The Morgan fingerprint density at radius 1 is 1.33 bits per heavy atom. The number of nitrogens with one attached hydrogen (secondary N) is 1. The van der Waals surface area contributed by atoms with E-state index in [2.05, 4.69) is 15.1 Å². The molecule has 154 valence electrons. The van der Waals surface area contributed by atoms with E-state index in [1.807, 2.05) is 6.07 Å². The van der Waals surface area contributed by atoms with Crippen LogP contribution in [0.25, 0.3) is 0 Å². The molecule has 2 heterocycles. The van der Waals surface area contributed by atoms with Crippen LogP contribution in [-0.2, 0) is 22.5 Å². The number of carbonyl (C=O) groups is 1. The minimum atomic E-state index is -0.566. The molecule has 0 aliphatic carbocycles. The maximum atomic E-state index is 12.6. The normalized spacial score (nSPS) is 11.7. The average Bonchev–Trinajstić information content (AvgIpc) is 3.21. The molecule has 0 spiro atoms. The molecule has 1 N–H and O–H groups in total. The van der Waals surface area contributed by atoms with Crippen molar-refractivity contribution in [3.63, 3.8) is 0 Å². The van der Waals surface area contributed by atoms with Gasteiger partial charge in [-0.15, -0.1) is 0 Å². The summed E-state index contributed by atoms with van der Waals surface area (Å²) in [7, 11) is 0. The first kappa shape index (κ1) is 21.3. The summed E-state index contributed by atoms with van der Waals surface area (Å²) in [5.74, 6) is -0.404. The van der Waals surface area contributed by atoms with Gasteiger partial charge in [0.25, 0.3) is 5.56 Å². The number of H-pyrrole nitrogens is 1. The smallest absolute Gasteiger partial charge is 0.306 e. The fraction of sp³-hybridized carbons (Fsp3) is 0.286. The molecule has 30 heavy (non-hydrogen) atoms. The minimum Gasteiger partial charge on any atom is -0.455 e. The Balaban J connectivity index is 1.74. The number of carbonyl (C=O) groups excluding carboxylic acids is 1. The lowest BCUT2D eigenvalue weighted by molar-refractivity contribution is -0.150. The van der Waals surface area contributed by atoms with Crippen LogP contribution in [0, 0.1) is 25.2 Å². The number of aryl methyl sites for hydroxylation is 1. The minimum absolute atomic E-state index is 0.0641. The van der Waals surface area contributed by atoms with Crippen molar-refractivity contribution in [3.8, 4) is 6.07 Å². The van der Waals surface area contributed by atoms with Crippen LogP contribution in [0.5, 0.6) is 0 Å². The number of nitrogens with zero attached hydrogens (tertiary/aromatic N) is 4. The maximum Gasteiger partial charge on any atom is 0.306 e. The third kappa shape index (κ3) is 4.93. The van der Waals surface area contributed by atoms with E-state index in [0.29, 0.717) is 29.2 Å². The second kappa shape index (κ2) is 9.37. The van der Waals surface area contributed by atoms with Crippen molar-refractivity contribution in [1.82, 2.24) is 19.7 Å². The second-order valence-corrected chi connectivity index (χ2v) is 7.25. The summed E-state index contributed by atoms with van der Waals surface area (Å²) in [6.07, 6.45) is 2.84. The molecule has 1 unspecified atom stereocenters. The van der Waals surface area contributed by atoms with Gasteiger partial charge in [0.2, 0.25) is 0 Å². The van der Waals surface area contributed by atoms with Crippen LogP contribution in [0.15, 0.2) is 41.7 Å². The van der Waals surface area contributed by atoms with Gasteiger partial charge in [0.1, 0.15) is 30.4 Å². The lowest BCUT2D eigenvalue weighted by Crippen LogP contribution is -2.19. The van der Waals surface area contributed by atoms with Gasteiger partial charge in [-0.2, -0.15) is 10.4 Å². The number of nitriles is 1. The Morgan fingerprint density at radius 3 is 2.70 bits per heavy atom. The van der Waals surface area contributed by atoms with E-state index in [4.69, 9.17) is 16.3 Å². The Hall–Kier alpha value is -3.44. The molecule has 2 aromatic heterocycles. The van der Waals surface area contributed by atoms with Gasteiger partial charge in [-0.25, -0.2) is 9.67 Å². The summed E-state index contributed by atoms with van der Waals surface area (Å²) in [4.78, 5) is 31.1. The van der Waals surface area contributed by atoms with Gasteiger partial charge < -0.3 is 9.72 Å². The highest BCUT2D eigenvalue weighted by atomic mass is 35.5. The number of aromatic amines is 1. The zero-order valence-electron chi connectivity index (χ0n) is 16.6. The molecule has 1 aromatic carbocycles. The van der Waals surface area contributed by atoms with Gasteiger partial charge in [0, 0.05) is 17.1 Å². The van der Waals surface area contributed by atoms with Crippen molar-refractivity contribution in [3.05, 3.63) is 80.2 Å². The van der Waals surface area contributed by atoms with E-state index in [-0.39, 0.29) is 12.0 Å². The summed E-state index contributed by atoms with van der Waals surface area (Å²) in [6.45, 7) is 3.77. The summed E-state index contributed by atoms with van der Waals surface area (Å²) in [5.41, 5.74) is 2.42. The van der Waals surface area contributed by atoms with Crippen LogP contribution < -0.4 is 5.56 Å². The van der Waals surface area contributed by atoms with Crippen molar-refractivity contribution in [2.24, 2.45) is 0 Å². The molecule has 3 aromatic rings. The summed E-state index contributed by atoms with van der Waals surface area (Å²) >= 11 is 5.96. The molecular weight excluding hydrogens is 406 g/mol. The van der Waals surface area contributed by atoms with E-state index in [1.54, 1.807) is 49.1 Å². The molecule has 9 heteroatoms. The van der Waals surface area contributed by atoms with E-state index >= 15 is 0 Å². The van der Waals surface area contributed by atoms with Crippen LogP contribution in [0.1, 0.15) is 40.5 Å². The van der Waals surface area contributed by atoms with Crippen LogP contribution in [0.4, 0.5) is 0 Å². The molecule has 0 aliphatic heterocycles. The summed E-state index contributed by atoms with van der Waals surface area (Å²) in [6, 6.07) is 8.98. The van der Waals surface area contributed by atoms with Crippen molar-refractivity contribution < 1.29 is 9.53 Å². The molecule has 0 fully saturated rings. The summed E-state index contributed by atoms with van der Waals surface area (Å²) in [5, 5.41) is 13.9. The molecule has 0 radical (unpaired) electrons. The number of esters is 1. The third-order valence-electron chi connectivity index (χ3n) is 4.83. The predicted molar refractivity (Wildman–Crippen MR) is 110 cm³/mol. The Kier molecular flexibility index (Phi) is 6.65. The molecule has 0 aliphatic rings. The molecule has 1 atom stereocenters. The molecule has 0 saturated heterocycles. The monoisotopic (exact) mass is 425 g/mol. The average molecular weight is 426 g/mol. The molecule has 3 rings (SSSR count). The quantitative estimate of drug-likeness (QED) is 0.582. The third-order valence-corrected chi connectivity index (χ3v) is 5.09. The van der Waals surface area contributed by atoms with Crippen molar-refractivity contribution in [2.45, 2.75) is 39.3 Å². The number of benzene rings is 1. The standard InChI is InChI=1S/C21H20ClN5O3/c1-13-17(14(2)26-21(29)18(13)9-23)7-8-20(28)30-19(10-27-12-24-11-25-27)15-3-5-16(22)6-4-15/h3-6,11-12,19H,7-8,10H2,1-2H3,(H,26,29). The van der Waals surface area contributed by atoms with Crippen LogP contribution in [0.3, 0.4) is 0 Å². The number of aromatic nitrogens is 4. The number of rotatable bonds is 7. The van der Waals surface area contributed by atoms with Crippen molar-refractivity contribution in [2.75, 3.05) is 0 Å². The lowest BCUT2D eigenvalue weighted by atomic mass is 9.99. The van der Waals surface area contributed by atoms with Crippen LogP contribution in [0.2, 0.25) is 5.02 Å². The lowest BCUT2D eigenvalue weighted by Gasteiger charge is -2.19. The largest absolute Gasteiger partial charge is 0.455 e. The van der Waals surface area contributed by atoms with E-state index in [1.165, 1.54) is 6.33 Å². The molecule has 0 amide bonds. The van der Waals surface area contributed by atoms with Gasteiger partial charge in [-0.1, -0.05) is 23.7 Å². The second-order valence-electron chi connectivity index (χ2n) is 6.82. The van der Waals surface area contributed by atoms with Gasteiger partial charge in [0.15, 0.2) is 0 Å². The first-order chi connectivity index (χ1) is 14.4. The fourth-order valence-corrected chi connectivity index (χ4v) is 3.38. The Labute approximate surface area is 178 Å². The first-order valence-electron chi connectivity index (χ1n) is 9.29. The molecule has 8 nitrogen and oxygen atoms in total. The van der Waals surface area contributed by atoms with Crippen molar-refractivity contribution >= 4 is 17.6 Å². The van der Waals surface area contributed by atoms with Gasteiger partial charge in [0.05, 0.1) is 6.54 Å². The predicted octanol–water partition coefficient (Wildman–Crippen LogP) is 3.03. The number of halogens is 1. The highest BCUT2D eigenvalue weighted by molar-refractivity contribution is 6.30. The fourth-order valence-electron chi connectivity index (χ4n) is 3.25. The van der Waals surface area contributed by atoms with E-state index < -0.39 is 17.6 Å². The van der Waals surface area contributed by atoms with Crippen LogP contribution in [-0.4, -0.2) is 25.7 Å². The maximum absolute atomic E-state index is 12.6. The number of pyridine rings is 1. The molecular formula is C21H20ClN5O3. The van der Waals surface area contributed by atoms with E-state index in [9.17, 15) is 14.9 Å². The zero-order chi connectivity index (χ0) is 21.7. The van der Waals surface area contributed by atoms with Crippen molar-refractivity contribution in [1.29, 1.82) is 5.26 Å². The Morgan fingerprint density at radius 2 is 2.07 bits per heavy atom. The van der Waals surface area contributed by atoms with Gasteiger partial charge >= 0.3 is 5.97 Å². The highest BCUT2D eigenvalue weighted by Gasteiger charge is 2.19. The van der Waals surface area contributed by atoms with Gasteiger partial charge in [-0.05, 0) is 49.1 Å². The SMILES string of the molecule is Cc1[nH]c(=O)c(C#N)c(C)c1CCC(=O)OC(Cn1cncn1)c1ccc(Cl)cc1. The first-order valence-corrected chi connectivity index (χ1v) is 9.66.